The highest BCUT2D eigenvalue weighted by Gasteiger charge is 2.29. The Bertz CT molecular complexity index is 772. The lowest BCUT2D eigenvalue weighted by Crippen LogP contribution is -2.41. The molecule has 2 rings (SSSR count). The van der Waals surface area contributed by atoms with Gasteiger partial charge in [-0.3, -0.25) is 0 Å². The maximum atomic E-state index is 12.8. The van der Waals surface area contributed by atoms with E-state index in [4.69, 9.17) is 4.74 Å². The average Bonchev–Trinajstić information content (AvgIpc) is 2.56. The van der Waals surface area contributed by atoms with Crippen molar-refractivity contribution in [2.45, 2.75) is 16.7 Å². The number of nitrogens with one attached hydrogen (secondary N) is 2. The molecule has 1 aromatic rings. The van der Waals surface area contributed by atoms with E-state index in [1.165, 1.54) is 22.5 Å². The van der Waals surface area contributed by atoms with Crippen LogP contribution in [0, 0.1) is 6.92 Å². The number of ether oxygens (including phenoxy) is 1. The van der Waals surface area contributed by atoms with E-state index in [0.29, 0.717) is 25.3 Å². The molecule has 10 heteroatoms. The third-order valence-corrected chi connectivity index (χ3v) is 7.22. The molecular formula is C14H23N3O5S2. The number of aryl methyl sites for hydroxylation is 1. The van der Waals surface area contributed by atoms with Gasteiger partial charge in [0.05, 0.1) is 23.0 Å². The number of benzene rings is 1. The summed E-state index contributed by atoms with van der Waals surface area (Å²) in [5, 5.41) is 2.84. The minimum atomic E-state index is -3.76. The first-order valence-electron chi connectivity index (χ1n) is 7.62. The number of rotatable bonds is 7. The monoisotopic (exact) mass is 377 g/mol. The van der Waals surface area contributed by atoms with Crippen LogP contribution >= 0.6 is 0 Å². The maximum Gasteiger partial charge on any atom is 0.243 e. The molecule has 1 heterocycles. The summed E-state index contributed by atoms with van der Waals surface area (Å²) in [6, 6.07) is 4.15. The minimum absolute atomic E-state index is 0.0147. The van der Waals surface area contributed by atoms with E-state index in [1.807, 2.05) is 0 Å². The van der Waals surface area contributed by atoms with Crippen LogP contribution in [0.1, 0.15) is 5.56 Å². The SMILES string of the molecule is CNCCNS(=O)(=O)c1ccc(C)c(S(=O)(=O)N2CCOCC2)c1. The Labute approximate surface area is 143 Å². The Balaban J connectivity index is 2.34. The van der Waals surface area contributed by atoms with E-state index in [9.17, 15) is 16.8 Å². The molecule has 0 amide bonds. The molecule has 1 aliphatic rings. The second-order valence-corrected chi connectivity index (χ2v) is 9.12. The van der Waals surface area contributed by atoms with Crippen LogP contribution in [0.2, 0.25) is 0 Å². The molecule has 0 saturated carbocycles. The molecule has 24 heavy (non-hydrogen) atoms. The van der Waals surface area contributed by atoms with E-state index >= 15 is 0 Å². The van der Waals surface area contributed by atoms with E-state index < -0.39 is 20.0 Å². The third kappa shape index (κ3) is 4.32. The highest BCUT2D eigenvalue weighted by atomic mass is 32.2. The molecule has 0 aliphatic carbocycles. The normalized spacial score (nSPS) is 17.1. The van der Waals surface area contributed by atoms with Gasteiger partial charge in [0.2, 0.25) is 20.0 Å². The van der Waals surface area contributed by atoms with Gasteiger partial charge >= 0.3 is 0 Å². The van der Waals surface area contributed by atoms with Gasteiger partial charge in [-0.1, -0.05) is 6.07 Å². The fourth-order valence-corrected chi connectivity index (χ4v) is 5.14. The van der Waals surface area contributed by atoms with Gasteiger partial charge in [-0.2, -0.15) is 4.31 Å². The van der Waals surface area contributed by atoms with Crippen molar-refractivity contribution in [1.29, 1.82) is 0 Å². The Morgan fingerprint density at radius 2 is 1.79 bits per heavy atom. The zero-order chi connectivity index (χ0) is 17.8. The summed E-state index contributed by atoms with van der Waals surface area (Å²) >= 11 is 0. The van der Waals surface area contributed by atoms with Gasteiger partial charge in [-0.05, 0) is 31.7 Å². The molecule has 0 unspecified atom stereocenters. The molecule has 1 aliphatic heterocycles. The third-order valence-electron chi connectivity index (χ3n) is 3.72. The van der Waals surface area contributed by atoms with Gasteiger partial charge in [0.25, 0.3) is 0 Å². The molecule has 0 bridgehead atoms. The van der Waals surface area contributed by atoms with Gasteiger partial charge in [0, 0.05) is 26.2 Å². The Morgan fingerprint density at radius 1 is 1.12 bits per heavy atom. The second kappa shape index (κ2) is 7.89. The molecule has 0 aromatic heterocycles. The number of likely N-dealkylation sites (N-methyl/N-ethyl adjacent to an activating group) is 1. The molecule has 0 spiro atoms. The smallest absolute Gasteiger partial charge is 0.243 e. The van der Waals surface area contributed by atoms with Crippen LogP contribution in [0.3, 0.4) is 0 Å². The topological polar surface area (TPSA) is 105 Å². The fraction of sp³-hybridized carbons (Fsp3) is 0.571. The number of hydrogen-bond acceptors (Lipinski definition) is 6. The van der Waals surface area contributed by atoms with Crippen LogP contribution in [-0.4, -0.2) is 67.6 Å². The number of morpholine rings is 1. The predicted molar refractivity (Wildman–Crippen MR) is 89.9 cm³/mol. The van der Waals surface area contributed by atoms with Crippen molar-refractivity contribution in [3.8, 4) is 0 Å². The molecule has 1 saturated heterocycles. The first-order chi connectivity index (χ1) is 11.3. The Morgan fingerprint density at radius 3 is 2.42 bits per heavy atom. The van der Waals surface area contributed by atoms with Gasteiger partial charge < -0.3 is 10.1 Å². The van der Waals surface area contributed by atoms with Gasteiger partial charge in [-0.15, -0.1) is 0 Å². The van der Waals surface area contributed by atoms with E-state index in [0.717, 1.165) is 0 Å². The summed E-state index contributed by atoms with van der Waals surface area (Å²) < 4.78 is 59.1. The summed E-state index contributed by atoms with van der Waals surface area (Å²) in [5.74, 6) is 0. The van der Waals surface area contributed by atoms with Crippen molar-refractivity contribution in [1.82, 2.24) is 14.3 Å². The lowest BCUT2D eigenvalue weighted by molar-refractivity contribution is 0.0730. The lowest BCUT2D eigenvalue weighted by atomic mass is 10.2. The van der Waals surface area contributed by atoms with Crippen molar-refractivity contribution in [3.05, 3.63) is 23.8 Å². The Hall–Kier alpha value is -1.04. The van der Waals surface area contributed by atoms with Crippen molar-refractivity contribution in [2.24, 2.45) is 0 Å². The quantitative estimate of drug-likeness (QED) is 0.622. The van der Waals surface area contributed by atoms with Crippen LogP contribution < -0.4 is 10.0 Å². The van der Waals surface area contributed by atoms with E-state index in [1.54, 1.807) is 14.0 Å². The molecule has 2 N–H and O–H groups in total. The predicted octanol–water partition coefficient (Wildman–Crippen LogP) is -0.486. The molecule has 136 valence electrons. The summed E-state index contributed by atoms with van der Waals surface area (Å²) in [6.07, 6.45) is 0. The highest BCUT2D eigenvalue weighted by molar-refractivity contribution is 7.90. The second-order valence-electron chi connectivity index (χ2n) is 5.45. The first-order valence-corrected chi connectivity index (χ1v) is 10.5. The molecule has 8 nitrogen and oxygen atoms in total. The van der Waals surface area contributed by atoms with Crippen molar-refractivity contribution >= 4 is 20.0 Å². The zero-order valence-electron chi connectivity index (χ0n) is 13.8. The summed E-state index contributed by atoms with van der Waals surface area (Å²) in [7, 11) is -5.80. The van der Waals surface area contributed by atoms with Crippen LogP contribution in [-0.2, 0) is 24.8 Å². The molecule has 1 aromatic carbocycles. The number of nitrogens with zero attached hydrogens (tertiary/aromatic N) is 1. The maximum absolute atomic E-state index is 12.8. The van der Waals surface area contributed by atoms with Gasteiger partial charge in [0.15, 0.2) is 0 Å². The fourth-order valence-electron chi connectivity index (χ4n) is 2.35. The summed E-state index contributed by atoms with van der Waals surface area (Å²) in [5.41, 5.74) is 0.510. The van der Waals surface area contributed by atoms with Crippen LogP contribution in [0.15, 0.2) is 28.0 Å². The van der Waals surface area contributed by atoms with Gasteiger partial charge in [-0.25, -0.2) is 21.6 Å². The average molecular weight is 377 g/mol. The Kier molecular flexibility index (Phi) is 6.34. The molecular weight excluding hydrogens is 354 g/mol. The molecule has 1 fully saturated rings. The summed E-state index contributed by atoms with van der Waals surface area (Å²) in [4.78, 5) is -0.0445. The van der Waals surface area contributed by atoms with Crippen molar-refractivity contribution in [2.75, 3.05) is 46.4 Å². The van der Waals surface area contributed by atoms with Gasteiger partial charge in [0.1, 0.15) is 0 Å². The van der Waals surface area contributed by atoms with E-state index in [2.05, 4.69) is 10.0 Å². The minimum Gasteiger partial charge on any atom is -0.379 e. The van der Waals surface area contributed by atoms with Crippen LogP contribution in [0.4, 0.5) is 0 Å². The molecule has 0 atom stereocenters. The standard InChI is InChI=1S/C14H23N3O5S2/c1-12-3-4-13(23(18,19)16-6-5-15-2)11-14(12)24(20,21)17-7-9-22-10-8-17/h3-4,11,15-16H,5-10H2,1-2H3. The number of hydrogen-bond donors (Lipinski definition) is 2. The highest BCUT2D eigenvalue weighted by Crippen LogP contribution is 2.24. The first kappa shape index (κ1) is 19.3. The lowest BCUT2D eigenvalue weighted by Gasteiger charge is -2.26. The zero-order valence-corrected chi connectivity index (χ0v) is 15.4. The summed E-state index contributed by atoms with van der Waals surface area (Å²) in [6.45, 7) is 3.54. The van der Waals surface area contributed by atoms with Crippen LogP contribution in [0.5, 0.6) is 0 Å². The van der Waals surface area contributed by atoms with Crippen LogP contribution in [0.25, 0.3) is 0 Å². The number of sulfonamides is 2. The van der Waals surface area contributed by atoms with Crippen molar-refractivity contribution < 1.29 is 21.6 Å². The van der Waals surface area contributed by atoms with E-state index in [-0.39, 0.29) is 29.4 Å². The van der Waals surface area contributed by atoms with Crippen molar-refractivity contribution in [3.63, 3.8) is 0 Å². The largest absolute Gasteiger partial charge is 0.379 e. The molecule has 0 radical (unpaired) electrons.